The summed E-state index contributed by atoms with van der Waals surface area (Å²) in [6.07, 6.45) is 1.71. The summed E-state index contributed by atoms with van der Waals surface area (Å²) in [5, 5.41) is 2.62. The molecule has 0 bridgehead atoms. The summed E-state index contributed by atoms with van der Waals surface area (Å²) in [6, 6.07) is 17.0. The predicted octanol–water partition coefficient (Wildman–Crippen LogP) is 5.07. The summed E-state index contributed by atoms with van der Waals surface area (Å²) < 4.78 is 12.3. The number of nitrogens with one attached hydrogen (secondary N) is 1. The average Bonchev–Trinajstić information content (AvgIpc) is 3.54. The number of carbonyl (C=O) groups excluding carboxylic acids is 2. The lowest BCUT2D eigenvalue weighted by molar-refractivity contribution is 0.0827. The number of H-pyrrole nitrogens is 1. The molecule has 0 radical (unpaired) electrons. The van der Waals surface area contributed by atoms with Crippen LogP contribution in [0.5, 0.6) is 23.0 Å². The number of aromatic nitrogens is 3. The number of imidazole rings is 1. The molecule has 0 aliphatic heterocycles. The van der Waals surface area contributed by atoms with Gasteiger partial charge in [-0.15, -0.1) is 11.3 Å². The van der Waals surface area contributed by atoms with E-state index in [1.165, 1.54) is 16.2 Å². The summed E-state index contributed by atoms with van der Waals surface area (Å²) in [6.45, 7) is 0. The van der Waals surface area contributed by atoms with Crippen LogP contribution < -0.4 is 15.2 Å². The van der Waals surface area contributed by atoms with Gasteiger partial charge in [0.1, 0.15) is 11.5 Å². The van der Waals surface area contributed by atoms with Gasteiger partial charge >= 0.3 is 0 Å². The van der Waals surface area contributed by atoms with Crippen molar-refractivity contribution in [3.8, 4) is 33.8 Å². The molecule has 3 aromatic carbocycles. The van der Waals surface area contributed by atoms with Crippen molar-refractivity contribution in [3.63, 3.8) is 0 Å². The number of fused-ring (bicyclic) bond motifs is 1. The molecule has 2 heterocycles. The highest BCUT2D eigenvalue weighted by Crippen LogP contribution is 2.39. The van der Waals surface area contributed by atoms with Crippen molar-refractivity contribution >= 4 is 34.2 Å². The number of primary amides is 1. The van der Waals surface area contributed by atoms with Crippen LogP contribution in [0.15, 0.2) is 72.2 Å². The lowest BCUT2D eigenvalue weighted by Gasteiger charge is -2.15. The molecule has 5 aromatic rings. The summed E-state index contributed by atoms with van der Waals surface area (Å²) in [4.78, 5) is 37.8. The lowest BCUT2D eigenvalue weighted by atomic mass is 10.2. The molecule has 36 heavy (non-hydrogen) atoms. The summed E-state index contributed by atoms with van der Waals surface area (Å²) in [7, 11) is 3.39. The van der Waals surface area contributed by atoms with E-state index in [2.05, 4.69) is 15.0 Å². The quantitative estimate of drug-likeness (QED) is 0.322. The van der Waals surface area contributed by atoms with Crippen LogP contribution in [0.1, 0.15) is 20.7 Å². The van der Waals surface area contributed by atoms with Gasteiger partial charge in [-0.1, -0.05) is 12.1 Å². The van der Waals surface area contributed by atoms with Crippen molar-refractivity contribution < 1.29 is 19.1 Å². The number of para-hydroxylation sites is 1. The first-order chi connectivity index (χ1) is 17.4. The van der Waals surface area contributed by atoms with Gasteiger partial charge in [0.2, 0.25) is 0 Å². The third-order valence-corrected chi connectivity index (χ3v) is 6.07. The van der Waals surface area contributed by atoms with Crippen molar-refractivity contribution in [2.75, 3.05) is 14.1 Å². The second-order valence-electron chi connectivity index (χ2n) is 8.03. The third kappa shape index (κ3) is 4.62. The van der Waals surface area contributed by atoms with Gasteiger partial charge in [-0.05, 0) is 36.4 Å². The molecular weight excluding hydrogens is 478 g/mol. The number of nitrogens with zero attached hydrogens (tertiary/aromatic N) is 3. The van der Waals surface area contributed by atoms with Gasteiger partial charge in [0.25, 0.3) is 11.8 Å². The second-order valence-corrected chi connectivity index (χ2v) is 8.92. The Bertz CT molecular complexity index is 1560. The molecule has 2 aromatic heterocycles. The van der Waals surface area contributed by atoms with Gasteiger partial charge in [0.05, 0.1) is 16.6 Å². The third-order valence-electron chi connectivity index (χ3n) is 5.29. The topological polar surface area (TPSA) is 123 Å². The number of rotatable bonds is 7. The van der Waals surface area contributed by atoms with Gasteiger partial charge < -0.3 is 25.1 Å². The van der Waals surface area contributed by atoms with E-state index in [1.54, 1.807) is 81.0 Å². The van der Waals surface area contributed by atoms with Crippen LogP contribution in [-0.4, -0.2) is 45.8 Å². The number of hydrogen-bond donors (Lipinski definition) is 2. The van der Waals surface area contributed by atoms with Gasteiger partial charge in [-0.25, -0.2) is 9.97 Å². The Labute approximate surface area is 210 Å². The molecule has 9 nitrogen and oxygen atoms in total. The van der Waals surface area contributed by atoms with Gasteiger partial charge in [-0.3, -0.25) is 9.59 Å². The molecule has 0 spiro atoms. The Kier molecular flexibility index (Phi) is 6.09. The monoisotopic (exact) mass is 499 g/mol. The van der Waals surface area contributed by atoms with E-state index in [0.29, 0.717) is 39.7 Å². The first-order valence-corrected chi connectivity index (χ1v) is 11.8. The molecule has 3 N–H and O–H groups in total. The van der Waals surface area contributed by atoms with Crippen molar-refractivity contribution in [1.29, 1.82) is 0 Å². The molecule has 0 aliphatic rings. The smallest absolute Gasteiger partial charge is 0.253 e. The van der Waals surface area contributed by atoms with E-state index in [-0.39, 0.29) is 17.2 Å². The standard InChI is InChI=1S/C26H21N5O4S/c1-31(2)26(33)15-7-9-16(10-8-15)34-21-13-18-19(30-24(29-18)25-28-11-12-36-25)14-22(21)35-20-6-4-3-5-17(20)23(27)32/h3-14H,1-2H3,(H2,27,32)(H,29,30). The summed E-state index contributed by atoms with van der Waals surface area (Å²) in [5.41, 5.74) is 7.65. The maximum atomic E-state index is 12.2. The summed E-state index contributed by atoms with van der Waals surface area (Å²) >= 11 is 1.47. The van der Waals surface area contributed by atoms with E-state index in [0.717, 1.165) is 5.01 Å². The number of hydrogen-bond acceptors (Lipinski definition) is 7. The van der Waals surface area contributed by atoms with Gasteiger partial charge in [0, 0.05) is 43.4 Å². The molecule has 0 saturated carbocycles. The SMILES string of the molecule is CN(C)C(=O)c1ccc(Oc2cc3[nH]c(-c4nccs4)nc3cc2Oc2ccccc2C(N)=O)cc1. The predicted molar refractivity (Wildman–Crippen MR) is 137 cm³/mol. The van der Waals surface area contributed by atoms with Crippen molar-refractivity contribution in [2.24, 2.45) is 5.73 Å². The largest absolute Gasteiger partial charge is 0.453 e. The zero-order valence-electron chi connectivity index (χ0n) is 19.4. The Morgan fingerprint density at radius 3 is 2.42 bits per heavy atom. The zero-order chi connectivity index (χ0) is 25.2. The number of benzene rings is 3. The number of thiazole rings is 1. The first-order valence-electron chi connectivity index (χ1n) is 10.9. The number of aromatic amines is 1. The molecule has 5 rings (SSSR count). The molecular formula is C26H21N5O4S. The van der Waals surface area contributed by atoms with E-state index >= 15 is 0 Å². The molecule has 0 unspecified atom stereocenters. The van der Waals surface area contributed by atoms with Gasteiger partial charge in [-0.2, -0.15) is 0 Å². The highest BCUT2D eigenvalue weighted by molar-refractivity contribution is 7.13. The fourth-order valence-electron chi connectivity index (χ4n) is 3.55. The van der Waals surface area contributed by atoms with Crippen LogP contribution in [0.4, 0.5) is 0 Å². The van der Waals surface area contributed by atoms with E-state index < -0.39 is 5.91 Å². The van der Waals surface area contributed by atoms with Crippen LogP contribution in [0.3, 0.4) is 0 Å². The molecule has 180 valence electrons. The molecule has 0 aliphatic carbocycles. The van der Waals surface area contributed by atoms with Crippen molar-refractivity contribution in [2.45, 2.75) is 0 Å². The van der Waals surface area contributed by atoms with Crippen LogP contribution in [0.25, 0.3) is 21.9 Å². The van der Waals surface area contributed by atoms with Gasteiger partial charge in [0.15, 0.2) is 22.3 Å². The average molecular weight is 500 g/mol. The second kappa shape index (κ2) is 9.51. The number of amides is 2. The normalized spacial score (nSPS) is 10.8. The van der Waals surface area contributed by atoms with Crippen molar-refractivity contribution in [3.05, 3.63) is 83.4 Å². The fraction of sp³-hybridized carbons (Fsp3) is 0.0769. The first kappa shape index (κ1) is 23.1. The minimum atomic E-state index is -0.610. The minimum absolute atomic E-state index is 0.109. The van der Waals surface area contributed by atoms with E-state index in [1.807, 2.05) is 5.38 Å². The van der Waals surface area contributed by atoms with Crippen LogP contribution >= 0.6 is 11.3 Å². The summed E-state index contributed by atoms with van der Waals surface area (Å²) in [5.74, 6) is 1.40. The lowest BCUT2D eigenvalue weighted by Crippen LogP contribution is -2.21. The maximum absolute atomic E-state index is 12.2. The van der Waals surface area contributed by atoms with Crippen molar-refractivity contribution in [1.82, 2.24) is 19.9 Å². The molecule has 0 saturated heterocycles. The molecule has 0 fully saturated rings. The molecule has 2 amide bonds. The molecule has 0 atom stereocenters. The Hall–Kier alpha value is -4.70. The Balaban J connectivity index is 1.56. The van der Waals surface area contributed by atoms with E-state index in [4.69, 9.17) is 15.2 Å². The number of nitrogens with two attached hydrogens (primary N) is 1. The fourth-order valence-corrected chi connectivity index (χ4v) is 4.13. The number of carbonyl (C=O) groups is 2. The number of ether oxygens (including phenoxy) is 2. The zero-order valence-corrected chi connectivity index (χ0v) is 20.2. The van der Waals surface area contributed by atoms with E-state index in [9.17, 15) is 9.59 Å². The maximum Gasteiger partial charge on any atom is 0.253 e. The minimum Gasteiger partial charge on any atom is -0.453 e. The van der Waals surface area contributed by atoms with Crippen LogP contribution in [0.2, 0.25) is 0 Å². The highest BCUT2D eigenvalue weighted by Gasteiger charge is 2.17. The van der Waals surface area contributed by atoms with Crippen LogP contribution in [-0.2, 0) is 0 Å². The highest BCUT2D eigenvalue weighted by atomic mass is 32.1. The Morgan fingerprint density at radius 1 is 0.972 bits per heavy atom. The molecule has 10 heteroatoms. The van der Waals surface area contributed by atoms with Crippen LogP contribution in [0, 0.1) is 0 Å². The Morgan fingerprint density at radius 2 is 1.72 bits per heavy atom.